The number of imidazole rings is 1. The number of para-hydroxylation sites is 1. The number of aromatic amines is 1. The first-order valence-electron chi connectivity index (χ1n) is 11.9. The van der Waals surface area contributed by atoms with Crippen LogP contribution in [0, 0.1) is 0 Å². The van der Waals surface area contributed by atoms with Gasteiger partial charge in [0.25, 0.3) is 0 Å². The molecule has 0 fully saturated rings. The number of sulfonamides is 1. The summed E-state index contributed by atoms with van der Waals surface area (Å²) in [6.07, 6.45) is 2.62. The molecule has 0 spiro atoms. The van der Waals surface area contributed by atoms with E-state index in [9.17, 15) is 13.2 Å². The van der Waals surface area contributed by atoms with Crippen molar-refractivity contribution in [2.24, 2.45) is 0 Å². The van der Waals surface area contributed by atoms with Crippen LogP contribution in [0.3, 0.4) is 0 Å². The lowest BCUT2D eigenvalue weighted by molar-refractivity contribution is -0.118. The molecule has 3 N–H and O–H groups in total. The first-order valence-corrected chi connectivity index (χ1v) is 13.6. The molecule has 4 aromatic rings. The normalized spacial score (nSPS) is 11.4. The largest absolute Gasteiger partial charge is 0.457 e. The minimum absolute atomic E-state index is 0.0311. The molecule has 3 aromatic carbocycles. The van der Waals surface area contributed by atoms with Crippen molar-refractivity contribution >= 4 is 32.7 Å². The molecule has 1 heterocycles. The van der Waals surface area contributed by atoms with E-state index in [-0.39, 0.29) is 11.7 Å². The number of benzene rings is 3. The molecule has 36 heavy (non-hydrogen) atoms. The van der Waals surface area contributed by atoms with Crippen LogP contribution in [0.4, 0.5) is 5.69 Å². The number of hydrogen-bond donors (Lipinski definition) is 3. The molecule has 4 rings (SSSR count). The highest BCUT2D eigenvalue weighted by Gasteiger charge is 2.12. The molecule has 8 nitrogen and oxygen atoms in total. The van der Waals surface area contributed by atoms with Crippen molar-refractivity contribution in [3.8, 4) is 11.5 Å². The quantitative estimate of drug-likeness (QED) is 0.234. The Kier molecular flexibility index (Phi) is 8.22. The Morgan fingerprint density at radius 3 is 2.44 bits per heavy atom. The number of carbonyl (C=O) groups excluding carboxylic acids is 1. The third kappa shape index (κ3) is 7.58. The van der Waals surface area contributed by atoms with Gasteiger partial charge in [0.15, 0.2) is 0 Å². The maximum absolute atomic E-state index is 12.4. The van der Waals surface area contributed by atoms with Crippen LogP contribution in [0.25, 0.3) is 11.0 Å². The maximum Gasteiger partial charge on any atom is 0.232 e. The smallest absolute Gasteiger partial charge is 0.232 e. The van der Waals surface area contributed by atoms with Crippen LogP contribution in [0.1, 0.15) is 37.6 Å². The molecule has 0 aliphatic heterocycles. The van der Waals surface area contributed by atoms with Crippen LogP contribution in [0.2, 0.25) is 0 Å². The average Bonchev–Trinajstić information content (AvgIpc) is 3.24. The van der Waals surface area contributed by atoms with Crippen molar-refractivity contribution in [1.29, 1.82) is 0 Å². The number of nitrogens with one attached hydrogen (secondary N) is 3. The van der Waals surface area contributed by atoms with Gasteiger partial charge in [0.1, 0.15) is 17.3 Å². The summed E-state index contributed by atoms with van der Waals surface area (Å²) in [6, 6.07) is 22.8. The van der Waals surface area contributed by atoms with Crippen molar-refractivity contribution < 1.29 is 17.9 Å². The molecule has 1 amide bonds. The first-order chi connectivity index (χ1) is 17.4. The minimum Gasteiger partial charge on any atom is -0.457 e. The standard InChI is InChI=1S/C27H30N4O4S/c1-20(32)28-16-6-3-7-17-36(33,34)31-22-12-15-25-26(19-22)30-27(29-25)18-21-10-13-24(14-11-21)35-23-8-4-2-5-9-23/h2,4-5,8-15,19,31H,3,6-7,16-18H2,1H3,(H,28,32)(H,29,30). The fourth-order valence-electron chi connectivity index (χ4n) is 3.79. The van der Waals surface area contributed by atoms with Crippen LogP contribution in [-0.2, 0) is 21.2 Å². The molecule has 188 valence electrons. The second kappa shape index (κ2) is 11.7. The number of anilines is 1. The number of fused-ring (bicyclic) bond motifs is 1. The zero-order valence-corrected chi connectivity index (χ0v) is 21.0. The lowest BCUT2D eigenvalue weighted by Crippen LogP contribution is -2.21. The highest BCUT2D eigenvalue weighted by molar-refractivity contribution is 7.92. The number of nitrogens with zero attached hydrogens (tertiary/aromatic N) is 1. The molecule has 1 aromatic heterocycles. The molecule has 0 bridgehead atoms. The van der Waals surface area contributed by atoms with Crippen molar-refractivity contribution in [1.82, 2.24) is 15.3 Å². The van der Waals surface area contributed by atoms with Crippen LogP contribution < -0.4 is 14.8 Å². The summed E-state index contributed by atoms with van der Waals surface area (Å²) in [5.74, 6) is 2.30. The summed E-state index contributed by atoms with van der Waals surface area (Å²) in [7, 11) is -3.46. The zero-order valence-electron chi connectivity index (χ0n) is 20.2. The van der Waals surface area contributed by atoms with E-state index < -0.39 is 10.0 Å². The second-order valence-electron chi connectivity index (χ2n) is 8.62. The molecule has 0 atom stereocenters. The molecule has 0 aliphatic rings. The summed E-state index contributed by atoms with van der Waals surface area (Å²) in [4.78, 5) is 18.8. The van der Waals surface area contributed by atoms with Gasteiger partial charge in [0.2, 0.25) is 15.9 Å². The van der Waals surface area contributed by atoms with Crippen LogP contribution in [-0.4, -0.2) is 36.6 Å². The average molecular weight is 507 g/mol. The van der Waals surface area contributed by atoms with Gasteiger partial charge >= 0.3 is 0 Å². The van der Waals surface area contributed by atoms with E-state index in [1.165, 1.54) is 6.92 Å². The zero-order chi connectivity index (χ0) is 25.4. The van der Waals surface area contributed by atoms with E-state index in [1.807, 2.05) is 54.6 Å². The molecule has 0 aliphatic carbocycles. The molecule has 9 heteroatoms. The fraction of sp³-hybridized carbons (Fsp3) is 0.259. The maximum atomic E-state index is 12.4. The van der Waals surface area contributed by atoms with Gasteiger partial charge in [0.05, 0.1) is 22.5 Å². The first kappa shape index (κ1) is 25.2. The number of aromatic nitrogens is 2. The van der Waals surface area contributed by atoms with Gasteiger partial charge in [-0.1, -0.05) is 36.8 Å². The highest BCUT2D eigenvalue weighted by Crippen LogP contribution is 2.23. The Balaban J connectivity index is 1.32. The number of amides is 1. The monoisotopic (exact) mass is 506 g/mol. The Hall–Kier alpha value is -3.85. The van der Waals surface area contributed by atoms with Crippen LogP contribution in [0.5, 0.6) is 11.5 Å². The predicted octanol–water partition coefficient (Wildman–Crippen LogP) is 4.99. The Labute approximate surface area is 211 Å². The van der Waals surface area contributed by atoms with Gasteiger partial charge in [-0.3, -0.25) is 9.52 Å². The van der Waals surface area contributed by atoms with Gasteiger partial charge in [-0.15, -0.1) is 0 Å². The fourth-order valence-corrected chi connectivity index (χ4v) is 4.96. The third-order valence-electron chi connectivity index (χ3n) is 5.54. The van der Waals surface area contributed by atoms with Gasteiger partial charge in [-0.25, -0.2) is 13.4 Å². The summed E-state index contributed by atoms with van der Waals surface area (Å²) in [5, 5.41) is 2.71. The summed E-state index contributed by atoms with van der Waals surface area (Å²) in [5.41, 5.74) is 3.12. The van der Waals surface area contributed by atoms with Gasteiger partial charge in [0, 0.05) is 19.9 Å². The molecule has 0 unspecified atom stereocenters. The SMILES string of the molecule is CC(=O)NCCCCCS(=O)(=O)Nc1ccc2nc(Cc3ccc(Oc4ccccc4)cc3)[nH]c2c1. The molecular formula is C27H30N4O4S. The highest BCUT2D eigenvalue weighted by atomic mass is 32.2. The minimum atomic E-state index is -3.46. The van der Waals surface area contributed by atoms with E-state index in [0.29, 0.717) is 25.1 Å². The Bertz CT molecular complexity index is 1400. The van der Waals surface area contributed by atoms with Gasteiger partial charge in [-0.05, 0) is 60.9 Å². The van der Waals surface area contributed by atoms with E-state index in [0.717, 1.165) is 46.8 Å². The lowest BCUT2D eigenvalue weighted by atomic mass is 10.1. The Morgan fingerprint density at radius 2 is 1.69 bits per heavy atom. The number of hydrogen-bond acceptors (Lipinski definition) is 5. The summed E-state index contributed by atoms with van der Waals surface area (Å²) >= 11 is 0. The number of rotatable bonds is 12. The van der Waals surface area contributed by atoms with Crippen LogP contribution >= 0.6 is 0 Å². The summed E-state index contributed by atoms with van der Waals surface area (Å²) in [6.45, 7) is 2.03. The molecular weight excluding hydrogens is 476 g/mol. The Morgan fingerprint density at radius 1 is 0.944 bits per heavy atom. The van der Waals surface area contributed by atoms with Crippen molar-refractivity contribution in [2.75, 3.05) is 17.0 Å². The van der Waals surface area contributed by atoms with Gasteiger partial charge in [-0.2, -0.15) is 0 Å². The number of unbranched alkanes of at least 4 members (excludes halogenated alkanes) is 2. The van der Waals surface area contributed by atoms with E-state index >= 15 is 0 Å². The van der Waals surface area contributed by atoms with Crippen molar-refractivity contribution in [3.05, 3.63) is 84.2 Å². The van der Waals surface area contributed by atoms with E-state index in [2.05, 4.69) is 20.0 Å². The van der Waals surface area contributed by atoms with Crippen molar-refractivity contribution in [3.63, 3.8) is 0 Å². The molecule has 0 radical (unpaired) electrons. The molecule has 0 saturated carbocycles. The lowest BCUT2D eigenvalue weighted by Gasteiger charge is -2.08. The number of H-pyrrole nitrogens is 1. The third-order valence-corrected chi connectivity index (χ3v) is 6.91. The van der Waals surface area contributed by atoms with Crippen molar-refractivity contribution in [2.45, 2.75) is 32.6 Å². The summed E-state index contributed by atoms with van der Waals surface area (Å²) < 4.78 is 33.4. The van der Waals surface area contributed by atoms with Gasteiger partial charge < -0.3 is 15.0 Å². The topological polar surface area (TPSA) is 113 Å². The van der Waals surface area contributed by atoms with E-state index in [1.54, 1.807) is 18.2 Å². The predicted molar refractivity (Wildman–Crippen MR) is 142 cm³/mol. The number of ether oxygens (including phenoxy) is 1. The second-order valence-corrected chi connectivity index (χ2v) is 10.5. The molecule has 0 saturated heterocycles. The van der Waals surface area contributed by atoms with Crippen LogP contribution in [0.15, 0.2) is 72.8 Å². The van der Waals surface area contributed by atoms with E-state index in [4.69, 9.17) is 4.74 Å². The number of carbonyl (C=O) groups is 1.